The minimum atomic E-state index is 0.00595. The number of nitrogens with zero attached hydrogens (tertiary/aromatic N) is 2. The molecule has 5 nitrogen and oxygen atoms in total. The third-order valence-electron chi connectivity index (χ3n) is 3.12. The molecule has 1 aromatic heterocycles. The van der Waals surface area contributed by atoms with Crippen LogP contribution in [-0.4, -0.2) is 28.8 Å². The normalized spacial score (nSPS) is 17.8. The molecule has 1 aliphatic rings. The van der Waals surface area contributed by atoms with Gasteiger partial charge in [0.1, 0.15) is 5.51 Å². The molecule has 7 heteroatoms. The second-order valence-electron chi connectivity index (χ2n) is 4.72. The summed E-state index contributed by atoms with van der Waals surface area (Å²) >= 11 is 3.07. The minimum Gasteiger partial charge on any atom is -0.378 e. The summed E-state index contributed by atoms with van der Waals surface area (Å²) in [6, 6.07) is 7.73. The van der Waals surface area contributed by atoms with Crippen molar-refractivity contribution in [2.45, 2.75) is 34.6 Å². The Morgan fingerprint density at radius 3 is 2.95 bits per heavy atom. The monoisotopic (exact) mass is 321 g/mol. The Bertz CT molecular complexity index is 581. The molecule has 0 saturated carbocycles. The number of ether oxygens (including phenoxy) is 1. The molecular weight excluding hydrogens is 306 g/mol. The van der Waals surface area contributed by atoms with Crippen molar-refractivity contribution >= 4 is 34.7 Å². The Kier molecular flexibility index (Phi) is 4.84. The number of hydrogen-bond acceptors (Lipinski definition) is 6. The molecule has 0 aliphatic carbocycles. The van der Waals surface area contributed by atoms with Crippen molar-refractivity contribution in [2.24, 2.45) is 0 Å². The molecule has 0 radical (unpaired) electrons. The van der Waals surface area contributed by atoms with Crippen molar-refractivity contribution in [3.05, 3.63) is 29.8 Å². The van der Waals surface area contributed by atoms with Gasteiger partial charge in [-0.1, -0.05) is 23.1 Å². The van der Waals surface area contributed by atoms with Gasteiger partial charge in [-0.2, -0.15) is 0 Å². The Morgan fingerprint density at radius 2 is 2.29 bits per heavy atom. The van der Waals surface area contributed by atoms with Gasteiger partial charge in [-0.25, -0.2) is 0 Å². The van der Waals surface area contributed by atoms with Crippen molar-refractivity contribution < 1.29 is 9.53 Å². The zero-order chi connectivity index (χ0) is 14.5. The number of amides is 1. The Labute approximate surface area is 131 Å². The van der Waals surface area contributed by atoms with E-state index in [1.165, 1.54) is 11.3 Å². The number of hydrogen-bond donors (Lipinski definition) is 1. The van der Waals surface area contributed by atoms with Crippen molar-refractivity contribution in [3.63, 3.8) is 0 Å². The number of aromatic nitrogens is 2. The van der Waals surface area contributed by atoms with Gasteiger partial charge >= 0.3 is 0 Å². The van der Waals surface area contributed by atoms with Gasteiger partial charge in [0.15, 0.2) is 4.34 Å². The summed E-state index contributed by atoms with van der Waals surface area (Å²) in [6.07, 6.45) is 2.54. The first-order chi connectivity index (χ1) is 10.3. The second kappa shape index (κ2) is 7.02. The highest BCUT2D eigenvalue weighted by atomic mass is 32.2. The maximum Gasteiger partial charge on any atom is 0.226 e. The molecule has 1 saturated heterocycles. The highest BCUT2D eigenvalue weighted by molar-refractivity contribution is 8.01. The van der Waals surface area contributed by atoms with E-state index in [1.54, 1.807) is 17.3 Å². The first-order valence-corrected chi connectivity index (χ1v) is 8.45. The Hall–Kier alpha value is -1.44. The van der Waals surface area contributed by atoms with Gasteiger partial charge in [0.05, 0.1) is 12.5 Å². The average molecular weight is 321 g/mol. The molecule has 1 unspecified atom stereocenters. The zero-order valence-corrected chi connectivity index (χ0v) is 13.0. The smallest absolute Gasteiger partial charge is 0.226 e. The molecule has 2 heterocycles. The van der Waals surface area contributed by atoms with Crippen LogP contribution in [0, 0.1) is 0 Å². The minimum absolute atomic E-state index is 0.00595. The first-order valence-electron chi connectivity index (χ1n) is 6.75. The summed E-state index contributed by atoms with van der Waals surface area (Å²) in [5.74, 6) is 0.00595. The van der Waals surface area contributed by atoms with Crippen molar-refractivity contribution in [1.82, 2.24) is 10.2 Å². The molecule has 21 heavy (non-hydrogen) atoms. The van der Waals surface area contributed by atoms with Gasteiger partial charge in [-0.05, 0) is 37.1 Å². The van der Waals surface area contributed by atoms with E-state index in [9.17, 15) is 4.79 Å². The van der Waals surface area contributed by atoms with Crippen LogP contribution in [0.3, 0.4) is 0 Å². The van der Waals surface area contributed by atoms with Crippen LogP contribution < -0.4 is 5.32 Å². The van der Waals surface area contributed by atoms with E-state index in [0.717, 1.165) is 34.4 Å². The highest BCUT2D eigenvalue weighted by Gasteiger charge is 2.18. The largest absolute Gasteiger partial charge is 0.378 e. The molecular formula is C14H15N3O2S2. The van der Waals surface area contributed by atoms with Crippen LogP contribution in [0.1, 0.15) is 19.3 Å². The van der Waals surface area contributed by atoms with Crippen LogP contribution in [-0.2, 0) is 9.53 Å². The SMILES string of the molecule is O=C(CC1CCCO1)Nc1ccc(Sc2nncs2)cc1. The van der Waals surface area contributed by atoms with Gasteiger partial charge in [-0.15, -0.1) is 10.2 Å². The van der Waals surface area contributed by atoms with Crippen LogP contribution in [0.4, 0.5) is 5.69 Å². The maximum absolute atomic E-state index is 11.9. The average Bonchev–Trinajstić information content (AvgIpc) is 3.14. The summed E-state index contributed by atoms with van der Waals surface area (Å²) in [6.45, 7) is 0.773. The summed E-state index contributed by atoms with van der Waals surface area (Å²) < 4.78 is 6.37. The molecule has 0 spiro atoms. The predicted molar refractivity (Wildman–Crippen MR) is 82.7 cm³/mol. The number of carbonyl (C=O) groups is 1. The maximum atomic E-state index is 11.9. The van der Waals surface area contributed by atoms with Gasteiger partial charge in [-0.3, -0.25) is 4.79 Å². The van der Waals surface area contributed by atoms with Crippen molar-refractivity contribution in [1.29, 1.82) is 0 Å². The topological polar surface area (TPSA) is 64.1 Å². The van der Waals surface area contributed by atoms with E-state index in [1.807, 2.05) is 24.3 Å². The molecule has 1 fully saturated rings. The predicted octanol–water partition coefficient (Wildman–Crippen LogP) is 3.20. The highest BCUT2D eigenvalue weighted by Crippen LogP contribution is 2.29. The molecule has 1 amide bonds. The van der Waals surface area contributed by atoms with Crippen LogP contribution in [0.5, 0.6) is 0 Å². The van der Waals surface area contributed by atoms with Crippen molar-refractivity contribution in [3.8, 4) is 0 Å². The lowest BCUT2D eigenvalue weighted by Crippen LogP contribution is -2.19. The zero-order valence-electron chi connectivity index (χ0n) is 11.3. The van der Waals surface area contributed by atoms with E-state index >= 15 is 0 Å². The van der Waals surface area contributed by atoms with Crippen LogP contribution in [0.2, 0.25) is 0 Å². The van der Waals surface area contributed by atoms with Gasteiger partial charge < -0.3 is 10.1 Å². The van der Waals surface area contributed by atoms with Crippen molar-refractivity contribution in [2.75, 3.05) is 11.9 Å². The summed E-state index contributed by atoms with van der Waals surface area (Å²) in [5, 5.41) is 10.7. The fourth-order valence-corrected chi connectivity index (χ4v) is 3.59. The molecule has 2 aromatic rings. The fraction of sp³-hybridized carbons (Fsp3) is 0.357. The standard InChI is InChI=1S/C14H15N3O2S2/c18-13(8-11-2-1-7-19-11)16-10-3-5-12(6-4-10)21-14-17-15-9-20-14/h3-6,9,11H,1-2,7-8H2,(H,16,18). The molecule has 1 N–H and O–H groups in total. The summed E-state index contributed by atoms with van der Waals surface area (Å²) in [4.78, 5) is 13.0. The summed E-state index contributed by atoms with van der Waals surface area (Å²) in [5.41, 5.74) is 2.52. The number of nitrogens with one attached hydrogen (secondary N) is 1. The van der Waals surface area contributed by atoms with E-state index in [4.69, 9.17) is 4.74 Å². The van der Waals surface area contributed by atoms with E-state index in [0.29, 0.717) is 6.42 Å². The lowest BCUT2D eigenvalue weighted by Gasteiger charge is -2.10. The first kappa shape index (κ1) is 14.5. The lowest BCUT2D eigenvalue weighted by molar-refractivity contribution is -0.118. The number of rotatable bonds is 5. The third-order valence-corrected chi connectivity index (χ3v) is 4.91. The third kappa shape index (κ3) is 4.26. The van der Waals surface area contributed by atoms with Crippen LogP contribution >= 0.6 is 23.1 Å². The van der Waals surface area contributed by atoms with E-state index in [2.05, 4.69) is 15.5 Å². The van der Waals surface area contributed by atoms with Gasteiger partial charge in [0.2, 0.25) is 5.91 Å². The summed E-state index contributed by atoms with van der Waals surface area (Å²) in [7, 11) is 0. The Balaban J connectivity index is 1.52. The lowest BCUT2D eigenvalue weighted by atomic mass is 10.2. The number of anilines is 1. The number of carbonyl (C=O) groups excluding carboxylic acids is 1. The number of benzene rings is 1. The Morgan fingerprint density at radius 1 is 1.43 bits per heavy atom. The van der Waals surface area contributed by atoms with Crippen LogP contribution in [0.15, 0.2) is 39.0 Å². The second-order valence-corrected chi connectivity index (χ2v) is 6.87. The van der Waals surface area contributed by atoms with Gasteiger partial charge in [0, 0.05) is 17.2 Å². The van der Waals surface area contributed by atoms with Gasteiger partial charge in [0.25, 0.3) is 0 Å². The van der Waals surface area contributed by atoms with E-state index < -0.39 is 0 Å². The molecule has 1 atom stereocenters. The molecule has 3 rings (SSSR count). The molecule has 0 bridgehead atoms. The van der Waals surface area contributed by atoms with Crippen LogP contribution in [0.25, 0.3) is 0 Å². The quantitative estimate of drug-likeness (QED) is 0.916. The molecule has 1 aromatic carbocycles. The molecule has 1 aliphatic heterocycles. The molecule has 110 valence electrons. The van der Waals surface area contributed by atoms with E-state index in [-0.39, 0.29) is 12.0 Å². The fourth-order valence-electron chi connectivity index (χ4n) is 2.14.